The summed E-state index contributed by atoms with van der Waals surface area (Å²) in [6.45, 7) is 0.400. The van der Waals surface area contributed by atoms with Crippen molar-refractivity contribution in [3.8, 4) is 5.75 Å². The third-order valence-corrected chi connectivity index (χ3v) is 3.37. The van der Waals surface area contributed by atoms with Gasteiger partial charge in [0.2, 0.25) is 0 Å². The third kappa shape index (κ3) is 3.51. The monoisotopic (exact) mass is 312 g/mol. The molecular weight excluding hydrogens is 300 g/mol. The smallest absolute Gasteiger partial charge is 0.141 e. The predicted molar refractivity (Wildman–Crippen MR) is 85.2 cm³/mol. The lowest BCUT2D eigenvalue weighted by molar-refractivity contribution is 0.306. The van der Waals surface area contributed by atoms with Gasteiger partial charge in [0, 0.05) is 16.1 Å². The van der Waals surface area contributed by atoms with Crippen LogP contribution in [-0.2, 0) is 6.61 Å². The summed E-state index contributed by atoms with van der Waals surface area (Å²) in [5.41, 5.74) is 1.80. The van der Waals surface area contributed by atoms with Gasteiger partial charge in [0.15, 0.2) is 0 Å². The lowest BCUT2D eigenvalue weighted by Crippen LogP contribution is -1.99. The van der Waals surface area contributed by atoms with Gasteiger partial charge in [-0.3, -0.25) is 0 Å². The summed E-state index contributed by atoms with van der Waals surface area (Å²) >= 11 is 6.14. The molecule has 5 nitrogen and oxygen atoms in total. The van der Waals surface area contributed by atoms with Crippen molar-refractivity contribution in [3.63, 3.8) is 0 Å². The predicted octanol–water partition coefficient (Wildman–Crippen LogP) is 3.39. The van der Waals surface area contributed by atoms with Crippen molar-refractivity contribution in [2.24, 2.45) is 5.10 Å². The Morgan fingerprint density at radius 3 is 2.59 bits per heavy atom. The van der Waals surface area contributed by atoms with E-state index in [1.54, 1.807) is 6.21 Å². The first kappa shape index (κ1) is 14.3. The number of para-hydroxylation sites is 1. The molecule has 2 aromatic carbocycles. The summed E-state index contributed by atoms with van der Waals surface area (Å²) in [6, 6.07) is 15.3. The van der Waals surface area contributed by atoms with Gasteiger partial charge in [0.05, 0.1) is 6.21 Å². The molecule has 0 unspecified atom stereocenters. The van der Waals surface area contributed by atoms with Crippen molar-refractivity contribution in [1.29, 1.82) is 0 Å². The van der Waals surface area contributed by atoms with Crippen LogP contribution in [0.3, 0.4) is 0 Å². The van der Waals surface area contributed by atoms with Gasteiger partial charge in [-0.1, -0.05) is 41.9 Å². The Labute approximate surface area is 132 Å². The van der Waals surface area contributed by atoms with E-state index in [-0.39, 0.29) is 0 Å². The SMILES string of the molecule is Clc1ccccc1COc1ccccc1/C=N/n1cnnc1. The van der Waals surface area contributed by atoms with Gasteiger partial charge < -0.3 is 4.74 Å². The third-order valence-electron chi connectivity index (χ3n) is 3.00. The molecule has 0 amide bonds. The summed E-state index contributed by atoms with van der Waals surface area (Å²) in [7, 11) is 0. The Kier molecular flexibility index (Phi) is 4.46. The van der Waals surface area contributed by atoms with Gasteiger partial charge in [-0.2, -0.15) is 5.10 Å². The van der Waals surface area contributed by atoms with Crippen LogP contribution in [0, 0.1) is 0 Å². The Hall–Kier alpha value is -2.66. The van der Waals surface area contributed by atoms with Crippen LogP contribution in [0.2, 0.25) is 5.02 Å². The molecule has 0 atom stereocenters. The zero-order valence-electron chi connectivity index (χ0n) is 11.6. The quantitative estimate of drug-likeness (QED) is 0.679. The summed E-state index contributed by atoms with van der Waals surface area (Å²) in [5, 5.41) is 12.3. The number of hydrogen-bond acceptors (Lipinski definition) is 4. The first-order valence-electron chi connectivity index (χ1n) is 6.67. The first-order chi connectivity index (χ1) is 10.8. The average molecular weight is 313 g/mol. The molecule has 3 aromatic rings. The lowest BCUT2D eigenvalue weighted by atomic mass is 10.2. The largest absolute Gasteiger partial charge is 0.488 e. The van der Waals surface area contributed by atoms with Gasteiger partial charge >= 0.3 is 0 Å². The van der Waals surface area contributed by atoms with Gasteiger partial charge in [-0.05, 0) is 18.2 Å². The van der Waals surface area contributed by atoms with E-state index in [1.165, 1.54) is 17.3 Å². The molecule has 0 aliphatic heterocycles. The fraction of sp³-hybridized carbons (Fsp3) is 0.0625. The molecule has 1 aromatic heterocycles. The van der Waals surface area contributed by atoms with Crippen LogP contribution in [0.15, 0.2) is 66.3 Å². The molecule has 0 N–H and O–H groups in total. The second-order valence-corrected chi connectivity index (χ2v) is 4.91. The molecule has 110 valence electrons. The van der Waals surface area contributed by atoms with Gasteiger partial charge in [0.25, 0.3) is 0 Å². The molecule has 0 saturated heterocycles. The molecule has 0 aliphatic carbocycles. The maximum atomic E-state index is 6.14. The van der Waals surface area contributed by atoms with Crippen LogP contribution in [0.1, 0.15) is 11.1 Å². The van der Waals surface area contributed by atoms with E-state index in [9.17, 15) is 0 Å². The van der Waals surface area contributed by atoms with Gasteiger partial charge in [-0.15, -0.1) is 10.2 Å². The lowest BCUT2D eigenvalue weighted by Gasteiger charge is -2.09. The van der Waals surface area contributed by atoms with E-state index >= 15 is 0 Å². The number of ether oxygens (including phenoxy) is 1. The van der Waals surface area contributed by atoms with E-state index in [4.69, 9.17) is 16.3 Å². The topological polar surface area (TPSA) is 52.3 Å². The van der Waals surface area contributed by atoms with E-state index in [1.807, 2.05) is 48.5 Å². The van der Waals surface area contributed by atoms with Crippen molar-refractivity contribution >= 4 is 17.8 Å². The van der Waals surface area contributed by atoms with Crippen LogP contribution in [0.5, 0.6) is 5.75 Å². The summed E-state index contributed by atoms with van der Waals surface area (Å²) in [4.78, 5) is 0. The van der Waals surface area contributed by atoms with E-state index < -0.39 is 0 Å². The maximum Gasteiger partial charge on any atom is 0.141 e. The molecule has 22 heavy (non-hydrogen) atoms. The maximum absolute atomic E-state index is 6.14. The summed E-state index contributed by atoms with van der Waals surface area (Å²) < 4.78 is 7.38. The Bertz CT molecular complexity index is 771. The fourth-order valence-electron chi connectivity index (χ4n) is 1.87. The zero-order valence-corrected chi connectivity index (χ0v) is 12.4. The molecule has 1 heterocycles. The normalized spacial score (nSPS) is 11.0. The van der Waals surface area contributed by atoms with Crippen molar-refractivity contribution in [2.75, 3.05) is 0 Å². The average Bonchev–Trinajstić information content (AvgIpc) is 3.06. The molecular formula is C16H13ClN4O. The van der Waals surface area contributed by atoms with Crippen LogP contribution < -0.4 is 4.74 Å². The highest BCUT2D eigenvalue weighted by Crippen LogP contribution is 2.20. The number of aromatic nitrogens is 3. The van der Waals surface area contributed by atoms with Gasteiger partial charge in [-0.25, -0.2) is 4.68 Å². The molecule has 0 spiro atoms. The minimum absolute atomic E-state index is 0.400. The first-order valence-corrected chi connectivity index (χ1v) is 7.05. The van der Waals surface area contributed by atoms with Crippen molar-refractivity contribution in [3.05, 3.63) is 77.3 Å². The van der Waals surface area contributed by atoms with Crippen molar-refractivity contribution in [1.82, 2.24) is 14.9 Å². The number of rotatable bonds is 5. The summed E-state index contributed by atoms with van der Waals surface area (Å²) in [5.74, 6) is 0.735. The van der Waals surface area contributed by atoms with Crippen LogP contribution in [-0.4, -0.2) is 21.1 Å². The highest BCUT2D eigenvalue weighted by Gasteiger charge is 2.03. The minimum Gasteiger partial charge on any atom is -0.488 e. The molecule has 0 saturated carbocycles. The van der Waals surface area contributed by atoms with Crippen molar-refractivity contribution in [2.45, 2.75) is 6.61 Å². The molecule has 3 rings (SSSR count). The minimum atomic E-state index is 0.400. The highest BCUT2D eigenvalue weighted by molar-refractivity contribution is 6.31. The second-order valence-electron chi connectivity index (χ2n) is 4.50. The molecule has 0 aliphatic rings. The van der Waals surface area contributed by atoms with Crippen LogP contribution >= 0.6 is 11.6 Å². The van der Waals surface area contributed by atoms with E-state index in [2.05, 4.69) is 15.3 Å². The van der Waals surface area contributed by atoms with Crippen molar-refractivity contribution < 1.29 is 4.74 Å². The summed E-state index contributed by atoms with van der Waals surface area (Å²) in [6.07, 6.45) is 4.73. The van der Waals surface area contributed by atoms with Crippen LogP contribution in [0.4, 0.5) is 0 Å². The Morgan fingerprint density at radius 1 is 1.05 bits per heavy atom. The highest BCUT2D eigenvalue weighted by atomic mass is 35.5. The standard InChI is InChI=1S/C16H13ClN4O/c17-15-7-3-1-6-14(15)10-22-16-8-4-2-5-13(16)9-20-21-11-18-19-12-21/h1-9,11-12H,10H2/b20-9+. The van der Waals surface area contributed by atoms with E-state index in [0.717, 1.165) is 16.9 Å². The molecule has 0 radical (unpaired) electrons. The molecule has 0 bridgehead atoms. The fourth-order valence-corrected chi connectivity index (χ4v) is 2.06. The second kappa shape index (κ2) is 6.87. The number of nitrogens with zero attached hydrogens (tertiary/aromatic N) is 4. The van der Waals surface area contributed by atoms with Gasteiger partial charge in [0.1, 0.15) is 25.0 Å². The molecule has 6 heteroatoms. The van der Waals surface area contributed by atoms with E-state index in [0.29, 0.717) is 11.6 Å². The number of halogens is 1. The number of hydrogen-bond donors (Lipinski definition) is 0. The Morgan fingerprint density at radius 2 is 1.77 bits per heavy atom. The number of benzene rings is 2. The Balaban J connectivity index is 1.75. The van der Waals surface area contributed by atoms with Crippen LogP contribution in [0.25, 0.3) is 0 Å². The zero-order chi connectivity index (χ0) is 15.2. The molecule has 0 fully saturated rings.